The number of hydrogen-bond acceptors (Lipinski definition) is 7. The highest BCUT2D eigenvalue weighted by Gasteiger charge is 2.43. The smallest absolute Gasteiger partial charge is 0.487 e. The second-order valence-electron chi connectivity index (χ2n) is 10.3. The number of halogens is 6. The molecule has 0 bridgehead atoms. The number of rotatable bonds is 6. The van der Waals surface area contributed by atoms with Crippen LogP contribution in [0.25, 0.3) is 0 Å². The predicted octanol–water partition coefficient (Wildman–Crippen LogP) is 3.78. The van der Waals surface area contributed by atoms with Crippen molar-refractivity contribution >= 4 is 22.0 Å². The number of likely N-dealkylation sites (tertiary alicyclic amines) is 1. The van der Waals surface area contributed by atoms with E-state index in [9.17, 15) is 34.8 Å². The van der Waals surface area contributed by atoms with Gasteiger partial charge in [-0.05, 0) is 64.5 Å². The van der Waals surface area contributed by atoms with E-state index >= 15 is 0 Å². The Bertz CT molecular complexity index is 1110. The summed E-state index contributed by atoms with van der Waals surface area (Å²) in [4.78, 5) is 22.6. The molecule has 2 aliphatic rings. The number of benzene rings is 1. The van der Waals surface area contributed by atoms with Crippen molar-refractivity contribution in [2.75, 3.05) is 46.8 Å². The molecule has 2 heterocycles. The molecule has 0 amide bonds. The van der Waals surface area contributed by atoms with Crippen LogP contribution >= 0.6 is 0 Å². The van der Waals surface area contributed by atoms with Gasteiger partial charge in [-0.2, -0.15) is 30.6 Å². The summed E-state index contributed by atoms with van der Waals surface area (Å²) in [5.74, 6) is -4.34. The molecule has 2 aliphatic heterocycles. The predicted molar refractivity (Wildman–Crippen MR) is 140 cm³/mol. The summed E-state index contributed by atoms with van der Waals surface area (Å²) in [7, 11) is 0.377. The number of carboxylic acids is 2. The Morgan fingerprint density at radius 2 is 1.48 bits per heavy atom. The molecule has 2 atom stereocenters. The van der Waals surface area contributed by atoms with Crippen molar-refractivity contribution in [1.82, 2.24) is 14.1 Å². The zero-order valence-corrected chi connectivity index (χ0v) is 24.5. The zero-order chi connectivity index (χ0) is 32.5. The molecular formula is C25H37F6N3O7S. The number of alkyl halides is 6. The molecule has 0 unspecified atom stereocenters. The molecular weight excluding hydrogens is 600 g/mol. The maximum atomic E-state index is 13.5. The first kappa shape index (κ1) is 37.4. The minimum atomic E-state index is -5.08. The summed E-state index contributed by atoms with van der Waals surface area (Å²) in [6.45, 7) is 8.62. The summed E-state index contributed by atoms with van der Waals surface area (Å²) < 4.78 is 98.5. The number of aliphatic carboxylic acids is 2. The van der Waals surface area contributed by atoms with Gasteiger partial charge in [0, 0.05) is 19.6 Å². The first-order valence-corrected chi connectivity index (χ1v) is 14.4. The third-order valence-corrected chi connectivity index (χ3v) is 8.22. The number of likely N-dealkylation sites (N-methyl/N-ethyl adjacent to an activating group) is 1. The third-order valence-electron chi connectivity index (χ3n) is 6.26. The van der Waals surface area contributed by atoms with Crippen LogP contribution in [0.5, 0.6) is 5.75 Å². The molecule has 242 valence electrons. The molecule has 3 rings (SSSR count). The Morgan fingerprint density at radius 3 is 1.95 bits per heavy atom. The summed E-state index contributed by atoms with van der Waals surface area (Å²) in [5, 5.41) is 14.2. The van der Waals surface area contributed by atoms with Crippen LogP contribution in [0.1, 0.15) is 33.1 Å². The highest BCUT2D eigenvalue weighted by Crippen LogP contribution is 2.36. The van der Waals surface area contributed by atoms with E-state index in [1.165, 1.54) is 6.42 Å². The van der Waals surface area contributed by atoms with Crippen molar-refractivity contribution in [3.63, 3.8) is 0 Å². The Kier molecular flexibility index (Phi) is 14.0. The van der Waals surface area contributed by atoms with E-state index in [4.69, 9.17) is 24.5 Å². The maximum Gasteiger partial charge on any atom is 0.490 e. The summed E-state index contributed by atoms with van der Waals surface area (Å²) >= 11 is 0. The van der Waals surface area contributed by atoms with Gasteiger partial charge < -0.3 is 24.7 Å². The fourth-order valence-electron chi connectivity index (χ4n) is 4.06. The van der Waals surface area contributed by atoms with Crippen LogP contribution in [0.15, 0.2) is 29.2 Å². The number of carboxylic acid groups (broad SMARTS) is 2. The van der Waals surface area contributed by atoms with Crippen molar-refractivity contribution in [1.29, 1.82) is 0 Å². The first-order valence-electron chi connectivity index (χ1n) is 12.9. The lowest BCUT2D eigenvalue weighted by molar-refractivity contribution is -0.193. The number of hydrogen-bond donors (Lipinski definition) is 2. The number of carbonyl (C=O) groups is 2. The fraction of sp³-hybridized carbons (Fsp3) is 0.680. The Hall–Kier alpha value is -2.63. The molecule has 1 fully saturated rings. The van der Waals surface area contributed by atoms with Crippen LogP contribution < -0.4 is 4.74 Å². The quantitative estimate of drug-likeness (QED) is 0.448. The molecule has 10 nitrogen and oxygen atoms in total. The number of fused-ring (bicyclic) bond motifs is 2. The molecule has 0 spiro atoms. The van der Waals surface area contributed by atoms with E-state index in [1.54, 1.807) is 22.5 Å². The van der Waals surface area contributed by atoms with Crippen LogP contribution in [-0.2, 0) is 19.6 Å². The second kappa shape index (κ2) is 15.7. The number of sulfonamides is 1. The lowest BCUT2D eigenvalue weighted by Gasteiger charge is -2.32. The van der Waals surface area contributed by atoms with Crippen LogP contribution in [0.4, 0.5) is 26.3 Å². The van der Waals surface area contributed by atoms with Gasteiger partial charge in [0.2, 0.25) is 10.0 Å². The van der Waals surface area contributed by atoms with Gasteiger partial charge in [-0.3, -0.25) is 0 Å². The standard InChI is InChI=1S/C21H35N3O3S.2C2HF3O2/c1-17(2)9-12-23-13-10-18-19(11-14-23)27-20-7-5-6-8-21(20)28(25,26)24(18)16-15-22(3)4;2*3-2(4,5)1(6)7/h5-8,17-19H,9-16H2,1-4H3;2*(H,6,7)/t18-,19-;;/m0../s1. The van der Waals surface area contributed by atoms with Gasteiger partial charge >= 0.3 is 24.3 Å². The SMILES string of the molecule is CC(C)CCN1CC[C@@H]2Oc3ccccc3S(=O)(=O)N(CCN(C)C)[C@H]2CC1.O=C(O)C(F)(F)F.O=C(O)C(F)(F)F. The molecule has 17 heteroatoms. The number of nitrogens with zero attached hydrogens (tertiary/aromatic N) is 3. The van der Waals surface area contributed by atoms with Gasteiger partial charge in [-0.1, -0.05) is 26.0 Å². The van der Waals surface area contributed by atoms with Gasteiger partial charge in [0.05, 0.1) is 6.04 Å². The molecule has 42 heavy (non-hydrogen) atoms. The van der Waals surface area contributed by atoms with Gasteiger partial charge in [0.15, 0.2) is 0 Å². The number of ether oxygens (including phenoxy) is 1. The Labute approximate surface area is 240 Å². The lowest BCUT2D eigenvalue weighted by Crippen LogP contribution is -2.49. The van der Waals surface area contributed by atoms with Gasteiger partial charge in [0.1, 0.15) is 16.7 Å². The van der Waals surface area contributed by atoms with Gasteiger partial charge in [-0.25, -0.2) is 18.0 Å². The largest absolute Gasteiger partial charge is 0.490 e. The highest BCUT2D eigenvalue weighted by atomic mass is 32.2. The molecule has 1 aromatic carbocycles. The van der Waals surface area contributed by atoms with Crippen LogP contribution in [-0.4, -0.2) is 116 Å². The van der Waals surface area contributed by atoms with Crippen LogP contribution in [0, 0.1) is 5.92 Å². The zero-order valence-electron chi connectivity index (χ0n) is 23.7. The van der Waals surface area contributed by atoms with Crippen molar-refractivity contribution in [3.8, 4) is 5.75 Å². The van der Waals surface area contributed by atoms with E-state index in [0.29, 0.717) is 29.7 Å². The second-order valence-corrected chi connectivity index (χ2v) is 12.2. The normalized spacial score (nSPS) is 20.9. The molecule has 1 aromatic rings. The van der Waals surface area contributed by atoms with Crippen LogP contribution in [0.2, 0.25) is 0 Å². The molecule has 1 saturated heterocycles. The summed E-state index contributed by atoms with van der Waals surface area (Å²) in [6, 6.07) is 6.97. The minimum absolute atomic E-state index is 0.107. The maximum absolute atomic E-state index is 13.5. The monoisotopic (exact) mass is 637 g/mol. The average Bonchev–Trinajstić information content (AvgIpc) is 3.09. The third kappa shape index (κ3) is 11.9. The summed E-state index contributed by atoms with van der Waals surface area (Å²) in [5.41, 5.74) is 0. The van der Waals surface area contributed by atoms with Gasteiger partial charge in [-0.15, -0.1) is 0 Å². The molecule has 2 N–H and O–H groups in total. The Morgan fingerprint density at radius 1 is 0.976 bits per heavy atom. The highest BCUT2D eigenvalue weighted by molar-refractivity contribution is 7.89. The molecule has 0 radical (unpaired) electrons. The van der Waals surface area contributed by atoms with Crippen molar-refractivity contribution in [3.05, 3.63) is 24.3 Å². The molecule has 0 saturated carbocycles. The topological polar surface area (TPSA) is 128 Å². The van der Waals surface area contributed by atoms with E-state index in [2.05, 4.69) is 18.7 Å². The summed E-state index contributed by atoms with van der Waals surface area (Å²) in [6.07, 6.45) is -7.44. The van der Waals surface area contributed by atoms with E-state index < -0.39 is 34.3 Å². The minimum Gasteiger partial charge on any atom is -0.487 e. The average molecular weight is 638 g/mol. The van der Waals surface area contributed by atoms with Crippen LogP contribution in [0.3, 0.4) is 0 Å². The Balaban J connectivity index is 0.000000522. The van der Waals surface area contributed by atoms with Crippen molar-refractivity contribution in [2.24, 2.45) is 5.92 Å². The van der Waals surface area contributed by atoms with Crippen molar-refractivity contribution < 1.29 is 59.3 Å². The van der Waals surface area contributed by atoms with E-state index in [0.717, 1.165) is 32.5 Å². The molecule has 0 aromatic heterocycles. The van der Waals surface area contributed by atoms with Gasteiger partial charge in [0.25, 0.3) is 0 Å². The van der Waals surface area contributed by atoms with E-state index in [-0.39, 0.29) is 12.1 Å². The molecule has 0 aliphatic carbocycles. The first-order chi connectivity index (χ1) is 19.2. The number of para-hydroxylation sites is 1. The lowest BCUT2D eigenvalue weighted by atomic mass is 10.1. The van der Waals surface area contributed by atoms with E-state index in [1.807, 2.05) is 25.1 Å². The van der Waals surface area contributed by atoms with Crippen molar-refractivity contribution in [2.45, 2.75) is 62.5 Å². The fourth-order valence-corrected chi connectivity index (χ4v) is 5.85.